The molecule has 1 aromatic carbocycles. The Morgan fingerprint density at radius 3 is 2.90 bits per heavy atom. The fraction of sp³-hybridized carbons (Fsp3) is 0.267. The fourth-order valence-corrected chi connectivity index (χ4v) is 2.19. The zero-order chi connectivity index (χ0) is 15.4. The van der Waals surface area contributed by atoms with Crippen LogP contribution in [-0.2, 0) is 11.3 Å². The minimum Gasteiger partial charge on any atom is -0.389 e. The summed E-state index contributed by atoms with van der Waals surface area (Å²) in [6.45, 7) is 4.32. The number of nitrogens with two attached hydrogens (primary N) is 1. The number of nitrogens with one attached hydrogen (secondary N) is 1. The van der Waals surface area contributed by atoms with Crippen molar-refractivity contribution >= 4 is 28.8 Å². The summed E-state index contributed by atoms with van der Waals surface area (Å²) in [5.74, 6) is 1.04. The third-order valence-corrected chi connectivity index (χ3v) is 3.24. The highest BCUT2D eigenvalue weighted by Gasteiger charge is 2.11. The van der Waals surface area contributed by atoms with E-state index in [1.807, 2.05) is 24.5 Å². The Kier molecular flexibility index (Phi) is 4.70. The van der Waals surface area contributed by atoms with E-state index in [2.05, 4.69) is 10.3 Å². The Labute approximate surface area is 129 Å². The largest absolute Gasteiger partial charge is 0.389 e. The predicted octanol–water partition coefficient (Wildman–Crippen LogP) is 2.28. The van der Waals surface area contributed by atoms with Gasteiger partial charge in [0.1, 0.15) is 17.4 Å². The van der Waals surface area contributed by atoms with Crippen molar-refractivity contribution in [1.29, 1.82) is 0 Å². The molecule has 5 nitrogen and oxygen atoms in total. The number of carbonyl (C=O) groups is 1. The molecule has 0 bridgehead atoms. The van der Waals surface area contributed by atoms with Crippen LogP contribution < -0.4 is 11.1 Å². The van der Waals surface area contributed by atoms with Crippen LogP contribution in [-0.4, -0.2) is 20.4 Å². The van der Waals surface area contributed by atoms with Crippen molar-refractivity contribution in [1.82, 2.24) is 9.55 Å². The van der Waals surface area contributed by atoms with Gasteiger partial charge in [-0.1, -0.05) is 38.2 Å². The van der Waals surface area contributed by atoms with Gasteiger partial charge >= 0.3 is 0 Å². The predicted molar refractivity (Wildman–Crippen MR) is 87.3 cm³/mol. The summed E-state index contributed by atoms with van der Waals surface area (Å²) in [5, 5.41) is 2.84. The maximum Gasteiger partial charge on any atom is 0.244 e. The lowest BCUT2D eigenvalue weighted by atomic mass is 10.2. The van der Waals surface area contributed by atoms with E-state index in [0.717, 1.165) is 11.4 Å². The molecule has 3 N–H and O–H groups in total. The molecule has 0 spiro atoms. The molecule has 0 saturated heterocycles. The zero-order valence-corrected chi connectivity index (χ0v) is 12.9. The normalized spacial score (nSPS) is 10.6. The molecule has 1 aromatic heterocycles. The van der Waals surface area contributed by atoms with Crippen molar-refractivity contribution < 1.29 is 4.79 Å². The molecule has 2 rings (SSSR count). The van der Waals surface area contributed by atoms with Crippen molar-refractivity contribution in [3.8, 4) is 0 Å². The van der Waals surface area contributed by atoms with E-state index < -0.39 is 0 Å². The van der Waals surface area contributed by atoms with E-state index in [0.29, 0.717) is 10.7 Å². The van der Waals surface area contributed by atoms with Gasteiger partial charge in [-0.25, -0.2) is 4.98 Å². The van der Waals surface area contributed by atoms with Crippen LogP contribution in [0.15, 0.2) is 36.7 Å². The molecule has 0 unspecified atom stereocenters. The lowest BCUT2D eigenvalue weighted by Crippen LogP contribution is -2.20. The molecular formula is C15H18N4OS. The molecule has 0 aliphatic carbocycles. The topological polar surface area (TPSA) is 72.9 Å². The summed E-state index contributed by atoms with van der Waals surface area (Å²) in [4.78, 5) is 16.7. The maximum atomic E-state index is 12.1. The molecule has 2 aromatic rings. The Morgan fingerprint density at radius 2 is 2.24 bits per heavy atom. The van der Waals surface area contributed by atoms with Gasteiger partial charge in [0.15, 0.2) is 0 Å². The van der Waals surface area contributed by atoms with Gasteiger partial charge in [0.05, 0.1) is 0 Å². The highest BCUT2D eigenvalue weighted by molar-refractivity contribution is 7.80. The van der Waals surface area contributed by atoms with Gasteiger partial charge in [0.2, 0.25) is 5.91 Å². The van der Waals surface area contributed by atoms with Crippen LogP contribution in [0.25, 0.3) is 0 Å². The number of nitrogens with zero attached hydrogens (tertiary/aromatic N) is 2. The number of amides is 1. The fourth-order valence-electron chi connectivity index (χ4n) is 2.06. The summed E-state index contributed by atoms with van der Waals surface area (Å²) in [6, 6.07) is 7.18. The third-order valence-electron chi connectivity index (χ3n) is 3.01. The smallest absolute Gasteiger partial charge is 0.244 e. The molecule has 0 fully saturated rings. The number of hydrogen-bond donors (Lipinski definition) is 2. The Balaban J connectivity index is 2.06. The summed E-state index contributed by atoms with van der Waals surface area (Å²) >= 11 is 4.93. The molecule has 6 heteroatoms. The number of imidazole rings is 1. The van der Waals surface area contributed by atoms with Gasteiger partial charge < -0.3 is 15.6 Å². The van der Waals surface area contributed by atoms with E-state index in [1.54, 1.807) is 30.6 Å². The summed E-state index contributed by atoms with van der Waals surface area (Å²) in [7, 11) is 0. The first-order valence-corrected chi connectivity index (χ1v) is 7.09. The molecule has 110 valence electrons. The average molecular weight is 302 g/mol. The quantitative estimate of drug-likeness (QED) is 0.831. The van der Waals surface area contributed by atoms with E-state index in [1.165, 1.54) is 0 Å². The van der Waals surface area contributed by atoms with Crippen LogP contribution in [0.1, 0.15) is 31.2 Å². The number of anilines is 1. The zero-order valence-electron chi connectivity index (χ0n) is 12.0. The highest BCUT2D eigenvalue weighted by Crippen LogP contribution is 2.13. The molecular weight excluding hydrogens is 284 g/mol. The Morgan fingerprint density at radius 1 is 1.48 bits per heavy atom. The number of rotatable bonds is 5. The van der Waals surface area contributed by atoms with E-state index in [9.17, 15) is 4.79 Å². The molecule has 0 atom stereocenters. The molecule has 1 amide bonds. The van der Waals surface area contributed by atoms with Gasteiger partial charge in [0.25, 0.3) is 0 Å². The van der Waals surface area contributed by atoms with Gasteiger partial charge in [-0.15, -0.1) is 0 Å². The lowest BCUT2D eigenvalue weighted by Gasteiger charge is -2.11. The average Bonchev–Trinajstić information content (AvgIpc) is 2.87. The van der Waals surface area contributed by atoms with Crippen LogP contribution in [0.3, 0.4) is 0 Å². The molecule has 0 saturated carbocycles. The second kappa shape index (κ2) is 6.49. The minimum absolute atomic E-state index is 0.116. The van der Waals surface area contributed by atoms with Crippen LogP contribution in [0.2, 0.25) is 0 Å². The molecule has 0 aliphatic rings. The molecule has 1 heterocycles. The van der Waals surface area contributed by atoms with Crippen LogP contribution in [0.5, 0.6) is 0 Å². The lowest BCUT2D eigenvalue weighted by molar-refractivity contribution is -0.116. The number of benzene rings is 1. The van der Waals surface area contributed by atoms with E-state index in [4.69, 9.17) is 18.0 Å². The van der Waals surface area contributed by atoms with Gasteiger partial charge in [-0.2, -0.15) is 0 Å². The van der Waals surface area contributed by atoms with Crippen molar-refractivity contribution in [2.24, 2.45) is 5.73 Å². The Bertz CT molecular complexity index is 663. The summed E-state index contributed by atoms with van der Waals surface area (Å²) in [5.41, 5.74) is 6.99. The van der Waals surface area contributed by atoms with E-state index in [-0.39, 0.29) is 18.4 Å². The highest BCUT2D eigenvalue weighted by atomic mass is 32.1. The number of aromatic nitrogens is 2. The second-order valence-corrected chi connectivity index (χ2v) is 5.50. The van der Waals surface area contributed by atoms with Crippen LogP contribution in [0, 0.1) is 0 Å². The first-order valence-electron chi connectivity index (χ1n) is 6.68. The van der Waals surface area contributed by atoms with Crippen LogP contribution >= 0.6 is 12.2 Å². The monoisotopic (exact) mass is 302 g/mol. The van der Waals surface area contributed by atoms with Gasteiger partial charge in [0, 0.05) is 29.6 Å². The summed E-state index contributed by atoms with van der Waals surface area (Å²) in [6.07, 6.45) is 3.51. The number of hydrogen-bond acceptors (Lipinski definition) is 3. The first kappa shape index (κ1) is 15.2. The van der Waals surface area contributed by atoms with Gasteiger partial charge in [-0.3, -0.25) is 4.79 Å². The third kappa shape index (κ3) is 3.88. The second-order valence-electron chi connectivity index (χ2n) is 5.06. The molecule has 21 heavy (non-hydrogen) atoms. The first-order chi connectivity index (χ1) is 9.97. The van der Waals surface area contributed by atoms with Crippen molar-refractivity contribution in [2.45, 2.75) is 26.3 Å². The molecule has 0 aliphatic heterocycles. The standard InChI is InChI=1S/C15H18N4OS/c1-10(2)15-17-6-7-19(15)9-13(20)18-12-5-3-4-11(8-12)14(16)21/h3-8,10H,9H2,1-2H3,(H2,16,21)(H,18,20). The maximum absolute atomic E-state index is 12.1. The van der Waals surface area contributed by atoms with Crippen LogP contribution in [0.4, 0.5) is 5.69 Å². The van der Waals surface area contributed by atoms with Crippen molar-refractivity contribution in [3.05, 3.63) is 48.0 Å². The van der Waals surface area contributed by atoms with E-state index >= 15 is 0 Å². The number of carbonyl (C=O) groups excluding carboxylic acids is 1. The number of thiocarbonyl (C=S) groups is 1. The van der Waals surface area contributed by atoms with Gasteiger partial charge in [-0.05, 0) is 12.1 Å². The Hall–Kier alpha value is -2.21. The molecule has 0 radical (unpaired) electrons. The van der Waals surface area contributed by atoms with Crippen molar-refractivity contribution in [2.75, 3.05) is 5.32 Å². The van der Waals surface area contributed by atoms with Crippen molar-refractivity contribution in [3.63, 3.8) is 0 Å². The minimum atomic E-state index is -0.116. The summed E-state index contributed by atoms with van der Waals surface area (Å²) < 4.78 is 1.84. The SMILES string of the molecule is CC(C)c1nccn1CC(=O)Nc1cccc(C(N)=S)c1.